The molecular weight excluding hydrogens is 357 g/mol. The average molecular weight is 376 g/mol. The zero-order valence-corrected chi connectivity index (χ0v) is 14.9. The SMILES string of the molecule is CC1=CC[C@@H]2[C@@H](C1)c1ccc(OS(=O)(=O)C(F)(F)F)cc1OC2(C)C. The maximum absolute atomic E-state index is 12.5. The number of rotatable bonds is 2. The number of allylic oxidation sites excluding steroid dienone is 2. The van der Waals surface area contributed by atoms with Crippen LogP contribution in [0, 0.1) is 5.92 Å². The van der Waals surface area contributed by atoms with Gasteiger partial charge in [0.2, 0.25) is 0 Å². The Bertz CT molecular complexity index is 825. The van der Waals surface area contributed by atoms with Crippen molar-refractivity contribution in [3.63, 3.8) is 0 Å². The van der Waals surface area contributed by atoms with E-state index < -0.39 is 27.0 Å². The summed E-state index contributed by atoms with van der Waals surface area (Å²) in [6, 6.07) is 4.07. The standard InChI is InChI=1S/C17H19F3O4S/c1-10-4-7-14-13(8-10)12-6-5-11(9-15(12)23-16(14,2)3)24-25(21,22)17(18,19)20/h4-6,9,13-14H,7-8H2,1-3H3/t13-,14+/m0/s1. The molecule has 0 amide bonds. The predicted octanol–water partition coefficient (Wildman–Crippen LogP) is 4.53. The van der Waals surface area contributed by atoms with Crippen LogP contribution in [0.4, 0.5) is 13.2 Å². The van der Waals surface area contributed by atoms with Crippen molar-refractivity contribution in [1.82, 2.24) is 0 Å². The molecule has 2 aliphatic rings. The van der Waals surface area contributed by atoms with E-state index >= 15 is 0 Å². The molecule has 1 heterocycles. The summed E-state index contributed by atoms with van der Waals surface area (Å²) < 4.78 is 70.1. The van der Waals surface area contributed by atoms with Crippen LogP contribution < -0.4 is 8.92 Å². The van der Waals surface area contributed by atoms with Crippen molar-refractivity contribution in [1.29, 1.82) is 0 Å². The van der Waals surface area contributed by atoms with Gasteiger partial charge in [-0.25, -0.2) is 0 Å². The Kier molecular flexibility index (Phi) is 4.09. The summed E-state index contributed by atoms with van der Waals surface area (Å²) in [5.74, 6) is 0.385. The molecule has 0 saturated heterocycles. The Morgan fingerprint density at radius 2 is 1.96 bits per heavy atom. The van der Waals surface area contributed by atoms with E-state index in [4.69, 9.17) is 4.74 Å². The minimum absolute atomic E-state index is 0.178. The van der Waals surface area contributed by atoms with Crippen LogP contribution in [0.15, 0.2) is 29.8 Å². The van der Waals surface area contributed by atoms with Crippen molar-refractivity contribution in [3.8, 4) is 11.5 Å². The van der Waals surface area contributed by atoms with E-state index in [0.29, 0.717) is 5.75 Å². The first kappa shape index (κ1) is 18.1. The van der Waals surface area contributed by atoms with Crippen LogP contribution in [0.2, 0.25) is 0 Å². The zero-order chi connectivity index (χ0) is 18.6. The molecule has 0 saturated carbocycles. The van der Waals surface area contributed by atoms with Gasteiger partial charge in [-0.05, 0) is 51.2 Å². The van der Waals surface area contributed by atoms with Gasteiger partial charge in [0.1, 0.15) is 17.1 Å². The molecule has 0 bridgehead atoms. The number of halogens is 3. The molecule has 1 aliphatic carbocycles. The van der Waals surface area contributed by atoms with Crippen molar-refractivity contribution in [2.75, 3.05) is 0 Å². The van der Waals surface area contributed by atoms with Crippen LogP contribution in [-0.2, 0) is 10.1 Å². The Hall–Kier alpha value is -1.70. The maximum Gasteiger partial charge on any atom is 0.534 e. The predicted molar refractivity (Wildman–Crippen MR) is 86.0 cm³/mol. The Labute approximate surface area is 144 Å². The normalized spacial score (nSPS) is 25.3. The fraction of sp³-hybridized carbons (Fsp3) is 0.529. The highest BCUT2D eigenvalue weighted by atomic mass is 32.2. The fourth-order valence-electron chi connectivity index (χ4n) is 3.65. The van der Waals surface area contributed by atoms with E-state index in [1.54, 1.807) is 6.07 Å². The van der Waals surface area contributed by atoms with Gasteiger partial charge in [-0.15, -0.1) is 0 Å². The van der Waals surface area contributed by atoms with Crippen LogP contribution in [-0.4, -0.2) is 19.5 Å². The molecule has 0 radical (unpaired) electrons. The highest BCUT2D eigenvalue weighted by Crippen LogP contribution is 2.52. The molecule has 25 heavy (non-hydrogen) atoms. The van der Waals surface area contributed by atoms with E-state index in [-0.39, 0.29) is 11.8 Å². The third kappa shape index (κ3) is 3.23. The molecule has 0 N–H and O–H groups in total. The number of benzene rings is 1. The van der Waals surface area contributed by atoms with Crippen molar-refractivity contribution >= 4 is 10.1 Å². The van der Waals surface area contributed by atoms with Crippen LogP contribution in [0.3, 0.4) is 0 Å². The topological polar surface area (TPSA) is 52.6 Å². The van der Waals surface area contributed by atoms with Crippen molar-refractivity contribution in [2.45, 2.75) is 50.6 Å². The quantitative estimate of drug-likeness (QED) is 0.432. The molecule has 138 valence electrons. The minimum Gasteiger partial charge on any atom is -0.487 e. The largest absolute Gasteiger partial charge is 0.534 e. The first-order chi connectivity index (χ1) is 11.4. The maximum atomic E-state index is 12.5. The first-order valence-electron chi connectivity index (χ1n) is 7.90. The average Bonchev–Trinajstić information content (AvgIpc) is 2.44. The molecule has 0 unspecified atom stereocenters. The van der Waals surface area contributed by atoms with Crippen LogP contribution >= 0.6 is 0 Å². The van der Waals surface area contributed by atoms with Gasteiger partial charge < -0.3 is 8.92 Å². The number of fused-ring (bicyclic) bond motifs is 3. The van der Waals surface area contributed by atoms with Crippen LogP contribution in [0.25, 0.3) is 0 Å². The second-order valence-electron chi connectivity index (χ2n) is 7.09. The van der Waals surface area contributed by atoms with Crippen molar-refractivity contribution in [2.24, 2.45) is 5.92 Å². The molecule has 2 atom stereocenters. The van der Waals surface area contributed by atoms with E-state index in [9.17, 15) is 21.6 Å². The van der Waals surface area contributed by atoms with Crippen molar-refractivity contribution < 1.29 is 30.5 Å². The second-order valence-corrected chi connectivity index (χ2v) is 8.63. The summed E-state index contributed by atoms with van der Waals surface area (Å²) in [5.41, 5.74) is -3.87. The summed E-state index contributed by atoms with van der Waals surface area (Å²) in [6.45, 7) is 5.91. The third-order valence-corrected chi connectivity index (χ3v) is 5.87. The number of alkyl halides is 3. The van der Waals surface area contributed by atoms with Gasteiger partial charge in [0.05, 0.1) is 0 Å². The number of hydrogen-bond donors (Lipinski definition) is 0. The van der Waals surface area contributed by atoms with Crippen molar-refractivity contribution in [3.05, 3.63) is 35.4 Å². The number of hydrogen-bond acceptors (Lipinski definition) is 4. The lowest BCUT2D eigenvalue weighted by Crippen LogP contribution is -2.45. The summed E-state index contributed by atoms with van der Waals surface area (Å²) in [6.07, 6.45) is 3.89. The van der Waals surface area contributed by atoms with Gasteiger partial charge in [-0.3, -0.25) is 0 Å². The third-order valence-electron chi connectivity index (χ3n) is 4.89. The molecule has 4 nitrogen and oxygen atoms in total. The Morgan fingerprint density at radius 3 is 2.60 bits per heavy atom. The lowest BCUT2D eigenvalue weighted by Gasteiger charge is -2.46. The molecule has 0 spiro atoms. The summed E-state index contributed by atoms with van der Waals surface area (Å²) in [4.78, 5) is 0. The molecule has 8 heteroatoms. The van der Waals surface area contributed by atoms with Gasteiger partial charge in [-0.1, -0.05) is 17.7 Å². The summed E-state index contributed by atoms with van der Waals surface area (Å²) in [7, 11) is -5.70. The summed E-state index contributed by atoms with van der Waals surface area (Å²) in [5, 5.41) is 0. The molecule has 1 aromatic rings. The van der Waals surface area contributed by atoms with Gasteiger partial charge in [-0.2, -0.15) is 21.6 Å². The number of ether oxygens (including phenoxy) is 1. The van der Waals surface area contributed by atoms with E-state index in [1.165, 1.54) is 17.7 Å². The fourth-order valence-corrected chi connectivity index (χ4v) is 4.11. The van der Waals surface area contributed by atoms with E-state index in [0.717, 1.165) is 18.4 Å². The first-order valence-corrected chi connectivity index (χ1v) is 9.31. The lowest BCUT2D eigenvalue weighted by molar-refractivity contribution is -0.0500. The summed E-state index contributed by atoms with van der Waals surface area (Å²) >= 11 is 0. The smallest absolute Gasteiger partial charge is 0.487 e. The molecule has 1 aromatic carbocycles. The Balaban J connectivity index is 1.98. The second kappa shape index (κ2) is 5.65. The molecule has 0 fully saturated rings. The van der Waals surface area contributed by atoms with Crippen LogP contribution in [0.5, 0.6) is 11.5 Å². The zero-order valence-electron chi connectivity index (χ0n) is 14.1. The van der Waals surface area contributed by atoms with Crippen LogP contribution in [0.1, 0.15) is 45.1 Å². The Morgan fingerprint density at radius 1 is 1.28 bits per heavy atom. The highest BCUT2D eigenvalue weighted by molar-refractivity contribution is 7.88. The molecule has 0 aromatic heterocycles. The minimum atomic E-state index is -5.70. The van der Waals surface area contributed by atoms with Gasteiger partial charge in [0.25, 0.3) is 0 Å². The van der Waals surface area contributed by atoms with Gasteiger partial charge in [0, 0.05) is 12.0 Å². The molecular formula is C17H19F3O4S. The van der Waals surface area contributed by atoms with Gasteiger partial charge >= 0.3 is 15.6 Å². The molecule has 1 aliphatic heterocycles. The highest BCUT2D eigenvalue weighted by Gasteiger charge is 2.49. The molecule has 3 rings (SSSR count). The van der Waals surface area contributed by atoms with E-state index in [1.807, 2.05) is 20.8 Å². The monoisotopic (exact) mass is 376 g/mol. The lowest BCUT2D eigenvalue weighted by atomic mass is 9.67. The van der Waals surface area contributed by atoms with E-state index in [2.05, 4.69) is 10.3 Å². The van der Waals surface area contributed by atoms with Gasteiger partial charge in [0.15, 0.2) is 0 Å².